The molecule has 0 radical (unpaired) electrons. The summed E-state index contributed by atoms with van der Waals surface area (Å²) in [5, 5.41) is 70.0. The molecule has 2 fully saturated rings. The summed E-state index contributed by atoms with van der Waals surface area (Å²) in [4.78, 5) is 8.05. The number of allylic oxidation sites excluding steroid dienone is 3. The summed E-state index contributed by atoms with van der Waals surface area (Å²) in [5.41, 5.74) is 6.36. The molecule has 0 aliphatic heterocycles. The molecule has 8 N–H and O–H groups in total. The Morgan fingerprint density at radius 1 is 0.800 bits per heavy atom. The molecule has 9 nitrogen and oxygen atoms in total. The number of rotatable bonds is 14. The third-order valence-electron chi connectivity index (χ3n) is 14.7. The minimum Gasteiger partial charge on any atom is -0.507 e. The van der Waals surface area contributed by atoms with E-state index >= 15 is 0 Å². The maximum absolute atomic E-state index is 11.9. The van der Waals surface area contributed by atoms with Crippen LogP contribution in [0.2, 0.25) is 0 Å². The summed E-state index contributed by atoms with van der Waals surface area (Å²) < 4.78 is 0. The summed E-state index contributed by atoms with van der Waals surface area (Å²) in [6.07, 6.45) is 26.0. The number of unbranched alkanes of at least 4 members (excludes halogenated alkanes) is 2. The van der Waals surface area contributed by atoms with Gasteiger partial charge in [-0.3, -0.25) is 0 Å². The second kappa shape index (κ2) is 16.2. The Balaban J connectivity index is 0.999. The Hall–Kier alpha value is -5.51. The predicted molar refractivity (Wildman–Crippen MR) is 236 cm³/mol. The Kier molecular flexibility index (Phi) is 10.8. The van der Waals surface area contributed by atoms with Crippen LogP contribution in [0.25, 0.3) is 22.9 Å². The third kappa shape index (κ3) is 6.85. The number of aliphatic hydroxyl groups is 1. The van der Waals surface area contributed by atoms with Gasteiger partial charge in [0.25, 0.3) is 0 Å². The van der Waals surface area contributed by atoms with Gasteiger partial charge in [0, 0.05) is 41.9 Å². The van der Waals surface area contributed by atoms with Gasteiger partial charge in [-0.2, -0.15) is 0 Å². The van der Waals surface area contributed by atoms with Gasteiger partial charge in [-0.1, -0.05) is 92.6 Å². The zero-order chi connectivity index (χ0) is 41.6. The topological polar surface area (TPSA) is 162 Å². The highest BCUT2D eigenvalue weighted by Gasteiger charge is 2.67. The van der Waals surface area contributed by atoms with Crippen molar-refractivity contribution >= 4 is 22.9 Å². The summed E-state index contributed by atoms with van der Waals surface area (Å²) in [6.45, 7) is 3.64. The molecule has 4 aliphatic carbocycles. The fraction of sp³-hybridized carbons (Fsp3) is 0.392. The van der Waals surface area contributed by atoms with E-state index in [1.54, 1.807) is 24.5 Å². The van der Waals surface area contributed by atoms with Crippen LogP contribution in [0.4, 0.5) is 0 Å². The number of aryl methyl sites for hydroxylation is 2. The average Bonchev–Trinajstić information content (AvgIpc) is 3.92. The number of hydrogen-bond acceptors (Lipinski definition) is 8. The molecule has 2 saturated carbocycles. The van der Waals surface area contributed by atoms with Crippen molar-refractivity contribution in [3.8, 4) is 28.7 Å². The molecule has 0 unspecified atom stereocenters. The lowest BCUT2D eigenvalue weighted by Gasteiger charge is -2.63. The van der Waals surface area contributed by atoms with Crippen molar-refractivity contribution in [2.45, 2.75) is 89.2 Å². The van der Waals surface area contributed by atoms with Crippen LogP contribution < -0.4 is 5.32 Å². The number of fused-ring (bicyclic) bond motifs is 2. The van der Waals surface area contributed by atoms with E-state index in [0.717, 1.165) is 56.3 Å². The number of H-pyrrole nitrogens is 1. The number of aromatic hydroxyl groups is 5. The molecule has 1 spiro atoms. The molecule has 1 aromatic heterocycles. The van der Waals surface area contributed by atoms with Gasteiger partial charge in [-0.25, -0.2) is 4.98 Å². The number of nitrogens with zero attached hydrogens (tertiary/aromatic N) is 1. The number of aliphatic hydroxyl groups excluding tert-OH is 1. The highest BCUT2D eigenvalue weighted by atomic mass is 16.3. The van der Waals surface area contributed by atoms with Crippen molar-refractivity contribution in [1.29, 1.82) is 0 Å². The molecular formula is C51H57N3O6. The largest absolute Gasteiger partial charge is 0.507 e. The van der Waals surface area contributed by atoms with Gasteiger partial charge in [-0.05, 0) is 126 Å². The van der Waals surface area contributed by atoms with Gasteiger partial charge in [0.05, 0.1) is 17.8 Å². The van der Waals surface area contributed by atoms with Crippen LogP contribution in [0.1, 0.15) is 90.9 Å². The van der Waals surface area contributed by atoms with Crippen molar-refractivity contribution in [2.24, 2.45) is 29.1 Å². The molecule has 5 aromatic rings. The van der Waals surface area contributed by atoms with Crippen LogP contribution >= 0.6 is 0 Å². The van der Waals surface area contributed by atoms with Crippen LogP contribution in [0.5, 0.6) is 28.7 Å². The first-order valence-corrected chi connectivity index (χ1v) is 21.9. The van der Waals surface area contributed by atoms with Crippen molar-refractivity contribution in [3.63, 3.8) is 0 Å². The van der Waals surface area contributed by atoms with E-state index in [0.29, 0.717) is 59.2 Å². The highest BCUT2D eigenvalue weighted by Crippen LogP contribution is 2.69. The minimum absolute atomic E-state index is 0.0480. The van der Waals surface area contributed by atoms with Gasteiger partial charge in [0.2, 0.25) is 0 Å². The number of imidazole rings is 1. The first-order valence-electron chi connectivity index (χ1n) is 21.9. The van der Waals surface area contributed by atoms with Gasteiger partial charge >= 0.3 is 0 Å². The van der Waals surface area contributed by atoms with E-state index in [-0.39, 0.29) is 50.9 Å². The number of hydrogen-bond donors (Lipinski definition) is 8. The second-order valence-corrected chi connectivity index (χ2v) is 18.0. The van der Waals surface area contributed by atoms with Crippen molar-refractivity contribution < 1.29 is 30.6 Å². The van der Waals surface area contributed by atoms with Crippen LogP contribution in [-0.2, 0) is 31.2 Å². The van der Waals surface area contributed by atoms with Gasteiger partial charge in [0.15, 0.2) is 23.0 Å². The standard InChI is InChI=1S/C51H57N3O6/c1-2-3-4-6-34-23-31(12-20-40-38(19-11-32-13-21-41(55)44(58)24-32)39-7-5-8-42(56)46(39)48(60)47(40)59)9-14-35(34)27-52-29-50(45-28-53-30-54-45)25-33-10-15-36-16-17-37-18-22-43(57)49(50)51(36,37)26-33/h5,7-11,13-15,18-19,21-24,28,30,33,36-37,43,49,52,55-60H,2-4,6,12,16-17,20,25-27,29H2,1H3,(H,53,54)/b19-11+/t33-,36-,37-,43-,49-,50+,51+/m0/s1. The molecule has 60 heavy (non-hydrogen) atoms. The highest BCUT2D eigenvalue weighted by molar-refractivity contribution is 6.03. The van der Waals surface area contributed by atoms with E-state index in [1.165, 1.54) is 42.2 Å². The molecule has 0 saturated heterocycles. The lowest BCUT2D eigenvalue weighted by Crippen LogP contribution is -2.64. The second-order valence-electron chi connectivity index (χ2n) is 18.0. The summed E-state index contributed by atoms with van der Waals surface area (Å²) in [7, 11) is 0. The lowest BCUT2D eigenvalue weighted by molar-refractivity contribution is -0.105. The molecule has 9 heteroatoms. The number of phenolic OH excluding ortho intramolecular Hbond substituents is 5. The minimum atomic E-state index is -0.518. The van der Waals surface area contributed by atoms with E-state index in [2.05, 4.69) is 64.7 Å². The van der Waals surface area contributed by atoms with E-state index in [1.807, 2.05) is 18.3 Å². The van der Waals surface area contributed by atoms with E-state index in [4.69, 9.17) is 0 Å². The first-order chi connectivity index (χ1) is 29.1. The van der Waals surface area contributed by atoms with Crippen LogP contribution in [-0.4, -0.2) is 53.3 Å². The molecule has 7 atom stereocenters. The van der Waals surface area contributed by atoms with Crippen molar-refractivity contribution in [2.75, 3.05) is 6.54 Å². The molecule has 2 bridgehead atoms. The number of aromatic amines is 1. The van der Waals surface area contributed by atoms with E-state index < -0.39 is 6.10 Å². The summed E-state index contributed by atoms with van der Waals surface area (Å²) >= 11 is 0. The monoisotopic (exact) mass is 807 g/mol. The van der Waals surface area contributed by atoms with E-state index in [9.17, 15) is 30.6 Å². The SMILES string of the molecule is CCCCCc1cc(CCc2c(O)c(O)c3c(O)cccc3c2/C=C/c2ccc(O)c(O)c2)ccc1CNC[C@@]1(c2cnc[nH]2)C[C@@H]2C=C[C@H]3CC[C@H]4C=C[C@H](O)[C@@H]1[C@@]43C2. The van der Waals surface area contributed by atoms with Crippen molar-refractivity contribution in [1.82, 2.24) is 15.3 Å². The zero-order valence-electron chi connectivity index (χ0n) is 34.3. The molecule has 312 valence electrons. The predicted octanol–water partition coefficient (Wildman–Crippen LogP) is 9.35. The zero-order valence-corrected chi connectivity index (χ0v) is 34.3. The molecule has 0 amide bonds. The van der Waals surface area contributed by atoms with Crippen LogP contribution in [0, 0.1) is 29.1 Å². The van der Waals surface area contributed by atoms with Gasteiger partial charge in [0.1, 0.15) is 5.75 Å². The Bertz CT molecular complexity index is 2460. The van der Waals surface area contributed by atoms with Crippen molar-refractivity contribution in [3.05, 3.63) is 131 Å². The molecule has 4 aliphatic rings. The lowest BCUT2D eigenvalue weighted by atomic mass is 9.42. The number of aromatic nitrogens is 2. The fourth-order valence-corrected chi connectivity index (χ4v) is 12.1. The van der Waals surface area contributed by atoms with Crippen LogP contribution in [0.3, 0.4) is 0 Å². The van der Waals surface area contributed by atoms with Gasteiger partial charge in [-0.15, -0.1) is 0 Å². The quantitative estimate of drug-likeness (QED) is 0.0238. The summed E-state index contributed by atoms with van der Waals surface area (Å²) in [5.74, 6) is 0.269. The molecule has 9 rings (SSSR count). The number of nitrogens with one attached hydrogen (secondary N) is 2. The maximum Gasteiger partial charge on any atom is 0.169 e. The Labute approximate surface area is 351 Å². The Morgan fingerprint density at radius 3 is 2.42 bits per heavy atom. The molecular weight excluding hydrogens is 751 g/mol. The van der Waals surface area contributed by atoms with Gasteiger partial charge < -0.3 is 40.9 Å². The number of benzene rings is 4. The molecule has 1 heterocycles. The third-order valence-corrected chi connectivity index (χ3v) is 14.7. The maximum atomic E-state index is 11.9. The Morgan fingerprint density at radius 2 is 1.63 bits per heavy atom. The first kappa shape index (κ1) is 39.9. The fourth-order valence-electron chi connectivity index (χ4n) is 12.1. The van der Waals surface area contributed by atoms with Crippen LogP contribution in [0.15, 0.2) is 91.4 Å². The summed E-state index contributed by atoms with van der Waals surface area (Å²) in [6, 6.07) is 16.2. The smallest absolute Gasteiger partial charge is 0.169 e. The normalized spacial score (nSPS) is 26.6. The molecule has 4 aromatic carbocycles. The number of phenols is 5. The average molecular weight is 808 g/mol.